The van der Waals surface area contributed by atoms with E-state index in [0.717, 1.165) is 23.3 Å². The molecule has 0 radical (unpaired) electrons. The quantitative estimate of drug-likeness (QED) is 0.469. The first-order valence-corrected chi connectivity index (χ1v) is 7.73. The van der Waals surface area contributed by atoms with Crippen molar-refractivity contribution in [3.05, 3.63) is 67.3 Å². The topological polar surface area (TPSA) is 125 Å². The van der Waals surface area contributed by atoms with Crippen LogP contribution >= 0.6 is 0 Å². The Hall–Kier alpha value is -3.49. The van der Waals surface area contributed by atoms with Crippen LogP contribution in [0.25, 0.3) is 0 Å². The van der Waals surface area contributed by atoms with E-state index in [9.17, 15) is 25.0 Å². The smallest absolute Gasteiger partial charge is 0.340 e. The molecular formula is C17H17N3O6. The molecular weight excluding hydrogens is 342 g/mol. The minimum absolute atomic E-state index is 0.0260. The summed E-state index contributed by atoms with van der Waals surface area (Å²) in [4.78, 5) is 33.2. The van der Waals surface area contributed by atoms with Crippen molar-refractivity contribution >= 4 is 28.7 Å². The number of benzene rings is 2. The molecule has 0 saturated heterocycles. The van der Waals surface area contributed by atoms with E-state index in [1.165, 1.54) is 0 Å². The fourth-order valence-corrected chi connectivity index (χ4v) is 2.38. The molecule has 26 heavy (non-hydrogen) atoms. The number of hydrogen-bond acceptors (Lipinski definition) is 7. The molecule has 0 heterocycles. The maximum atomic E-state index is 12.2. The van der Waals surface area contributed by atoms with Crippen LogP contribution < -0.4 is 5.32 Å². The maximum absolute atomic E-state index is 12.2. The summed E-state index contributed by atoms with van der Waals surface area (Å²) < 4.78 is 4.91. The fraction of sp³-hybridized carbons (Fsp3) is 0.235. The molecule has 0 spiro atoms. The van der Waals surface area contributed by atoms with Gasteiger partial charge in [-0.3, -0.25) is 20.2 Å². The molecule has 136 valence electrons. The number of rotatable bonds is 6. The molecule has 0 aliphatic heterocycles. The highest BCUT2D eigenvalue weighted by molar-refractivity contribution is 6.00. The SMILES string of the molecule is CCOC(=O)c1cc([N+](=O)[O-])cc([N+](=O)[O-])c1Nc1cccc(C)c1C. The molecule has 0 amide bonds. The summed E-state index contributed by atoms with van der Waals surface area (Å²) in [5, 5.41) is 25.4. The third kappa shape index (κ3) is 3.77. The summed E-state index contributed by atoms with van der Waals surface area (Å²) in [6.07, 6.45) is 0. The number of nitrogens with one attached hydrogen (secondary N) is 1. The van der Waals surface area contributed by atoms with Crippen molar-refractivity contribution in [2.24, 2.45) is 0 Å². The number of nitro benzene ring substituents is 2. The van der Waals surface area contributed by atoms with Gasteiger partial charge in [-0.05, 0) is 38.0 Å². The van der Waals surface area contributed by atoms with Crippen LogP contribution in [-0.2, 0) is 4.74 Å². The largest absolute Gasteiger partial charge is 0.462 e. The van der Waals surface area contributed by atoms with Gasteiger partial charge in [0.05, 0.1) is 28.1 Å². The average molecular weight is 359 g/mol. The van der Waals surface area contributed by atoms with Gasteiger partial charge in [-0.2, -0.15) is 0 Å². The van der Waals surface area contributed by atoms with Crippen LogP contribution in [0.15, 0.2) is 30.3 Å². The highest BCUT2D eigenvalue weighted by atomic mass is 16.6. The number of ether oxygens (including phenoxy) is 1. The van der Waals surface area contributed by atoms with Crippen LogP contribution in [0.5, 0.6) is 0 Å². The predicted molar refractivity (Wildman–Crippen MR) is 94.9 cm³/mol. The second-order valence-corrected chi connectivity index (χ2v) is 5.49. The number of carbonyl (C=O) groups is 1. The van der Waals surface area contributed by atoms with Gasteiger partial charge in [0.2, 0.25) is 0 Å². The van der Waals surface area contributed by atoms with Crippen molar-refractivity contribution in [3.63, 3.8) is 0 Å². The third-order valence-electron chi connectivity index (χ3n) is 3.87. The first-order chi connectivity index (χ1) is 12.3. The van der Waals surface area contributed by atoms with Gasteiger partial charge in [-0.15, -0.1) is 0 Å². The molecule has 0 aliphatic rings. The Bertz CT molecular complexity index is 894. The number of aryl methyl sites for hydroxylation is 1. The molecule has 0 bridgehead atoms. The predicted octanol–water partition coefficient (Wildman–Crippen LogP) is 4.04. The summed E-state index contributed by atoms with van der Waals surface area (Å²) in [5.74, 6) is -0.882. The molecule has 0 fully saturated rings. The summed E-state index contributed by atoms with van der Waals surface area (Å²) in [5.41, 5.74) is 0.760. The molecule has 0 aromatic heterocycles. The van der Waals surface area contributed by atoms with Gasteiger partial charge in [-0.1, -0.05) is 12.1 Å². The van der Waals surface area contributed by atoms with Crippen LogP contribution in [0, 0.1) is 34.1 Å². The molecule has 0 atom stereocenters. The standard InChI is InChI=1S/C17H17N3O6/c1-4-26-17(21)13-8-12(19(22)23)9-15(20(24)25)16(13)18-14-7-5-6-10(2)11(14)3/h5-9,18H,4H2,1-3H3. The fourth-order valence-electron chi connectivity index (χ4n) is 2.38. The van der Waals surface area contributed by atoms with Crippen LogP contribution in [0.2, 0.25) is 0 Å². The number of esters is 1. The van der Waals surface area contributed by atoms with Crippen molar-refractivity contribution in [2.75, 3.05) is 11.9 Å². The van der Waals surface area contributed by atoms with Crippen molar-refractivity contribution in [3.8, 4) is 0 Å². The second-order valence-electron chi connectivity index (χ2n) is 5.49. The van der Waals surface area contributed by atoms with Gasteiger partial charge < -0.3 is 10.1 Å². The zero-order valence-electron chi connectivity index (χ0n) is 14.4. The lowest BCUT2D eigenvalue weighted by atomic mass is 10.1. The molecule has 2 aromatic rings. The molecule has 9 heteroatoms. The minimum Gasteiger partial charge on any atom is -0.462 e. The van der Waals surface area contributed by atoms with E-state index in [-0.39, 0.29) is 17.9 Å². The number of nitrogens with zero attached hydrogens (tertiary/aromatic N) is 2. The molecule has 1 N–H and O–H groups in total. The molecule has 0 aliphatic carbocycles. The van der Waals surface area contributed by atoms with Gasteiger partial charge in [0.25, 0.3) is 11.4 Å². The first-order valence-electron chi connectivity index (χ1n) is 7.73. The molecule has 2 aromatic carbocycles. The van der Waals surface area contributed by atoms with Gasteiger partial charge in [0.1, 0.15) is 5.69 Å². The van der Waals surface area contributed by atoms with Crippen LogP contribution in [0.1, 0.15) is 28.4 Å². The van der Waals surface area contributed by atoms with E-state index in [1.54, 1.807) is 19.1 Å². The molecule has 2 rings (SSSR count). The zero-order valence-corrected chi connectivity index (χ0v) is 14.4. The first kappa shape index (κ1) is 18.8. The lowest BCUT2D eigenvalue weighted by Crippen LogP contribution is -2.11. The second kappa shape index (κ2) is 7.60. The molecule has 9 nitrogen and oxygen atoms in total. The Morgan fingerprint density at radius 2 is 1.85 bits per heavy atom. The van der Waals surface area contributed by atoms with E-state index in [1.807, 2.05) is 19.9 Å². The molecule has 0 unspecified atom stereocenters. The summed E-state index contributed by atoms with van der Waals surface area (Å²) >= 11 is 0. The monoisotopic (exact) mass is 359 g/mol. The van der Waals surface area contributed by atoms with E-state index in [4.69, 9.17) is 4.74 Å². The number of anilines is 2. The Morgan fingerprint density at radius 3 is 2.42 bits per heavy atom. The third-order valence-corrected chi connectivity index (χ3v) is 3.87. The van der Waals surface area contributed by atoms with Crippen molar-refractivity contribution in [1.29, 1.82) is 0 Å². The van der Waals surface area contributed by atoms with Gasteiger partial charge in [-0.25, -0.2) is 4.79 Å². The highest BCUT2D eigenvalue weighted by Gasteiger charge is 2.28. The van der Waals surface area contributed by atoms with E-state index < -0.39 is 27.2 Å². The normalized spacial score (nSPS) is 10.3. The van der Waals surface area contributed by atoms with Gasteiger partial charge in [0, 0.05) is 11.8 Å². The number of hydrogen-bond donors (Lipinski definition) is 1. The van der Waals surface area contributed by atoms with Crippen molar-refractivity contribution < 1.29 is 19.4 Å². The van der Waals surface area contributed by atoms with E-state index >= 15 is 0 Å². The Kier molecular flexibility index (Phi) is 5.51. The van der Waals surface area contributed by atoms with E-state index in [0.29, 0.717) is 5.69 Å². The Balaban J connectivity index is 2.71. The van der Waals surface area contributed by atoms with Crippen LogP contribution in [0.4, 0.5) is 22.7 Å². The summed E-state index contributed by atoms with van der Waals surface area (Å²) in [6, 6.07) is 7.11. The van der Waals surface area contributed by atoms with Gasteiger partial charge >= 0.3 is 5.97 Å². The number of carbonyl (C=O) groups excluding carboxylic acids is 1. The average Bonchev–Trinajstić information content (AvgIpc) is 2.58. The maximum Gasteiger partial charge on any atom is 0.340 e. The van der Waals surface area contributed by atoms with Crippen LogP contribution in [0.3, 0.4) is 0 Å². The van der Waals surface area contributed by atoms with Crippen molar-refractivity contribution in [2.45, 2.75) is 20.8 Å². The van der Waals surface area contributed by atoms with Gasteiger partial charge in [0.15, 0.2) is 0 Å². The minimum atomic E-state index is -0.882. The van der Waals surface area contributed by atoms with Crippen LogP contribution in [-0.4, -0.2) is 22.4 Å². The summed E-state index contributed by atoms with van der Waals surface area (Å²) in [6.45, 7) is 5.29. The lowest BCUT2D eigenvalue weighted by molar-refractivity contribution is -0.393. The zero-order chi connectivity index (χ0) is 19.4. The number of non-ortho nitro benzene ring substituents is 1. The highest BCUT2D eigenvalue weighted by Crippen LogP contribution is 2.37. The lowest BCUT2D eigenvalue weighted by Gasteiger charge is -2.14. The van der Waals surface area contributed by atoms with E-state index in [2.05, 4.69) is 5.32 Å². The Morgan fingerprint density at radius 1 is 1.15 bits per heavy atom. The molecule has 0 saturated carbocycles. The number of nitro groups is 2. The summed E-state index contributed by atoms with van der Waals surface area (Å²) in [7, 11) is 0. The van der Waals surface area contributed by atoms with Crippen molar-refractivity contribution in [1.82, 2.24) is 0 Å². The Labute approximate surface area is 148 Å².